The molecule has 0 atom stereocenters. The van der Waals surface area contributed by atoms with Gasteiger partial charge in [-0.2, -0.15) is 74.6 Å². The van der Waals surface area contributed by atoms with Crippen LogP contribution in [0.5, 0.6) is 0 Å². The molecular weight excluding hydrogens is 631 g/mol. The molecule has 0 aliphatic carbocycles. The summed E-state index contributed by atoms with van der Waals surface area (Å²) >= 11 is 0. The summed E-state index contributed by atoms with van der Waals surface area (Å²) in [5, 5.41) is -8.08. The highest BCUT2D eigenvalue weighted by atomic mass is 32.2. The lowest BCUT2D eigenvalue weighted by atomic mass is 9.91. The molecule has 0 aromatic heterocycles. The molecule has 0 spiro atoms. The van der Waals surface area contributed by atoms with Gasteiger partial charge >= 0.3 is 64.6 Å². The highest BCUT2D eigenvalue weighted by Gasteiger charge is 2.96. The summed E-state index contributed by atoms with van der Waals surface area (Å²) < 4.78 is 266. The Labute approximate surface area is 191 Å². The van der Waals surface area contributed by atoms with Crippen molar-refractivity contribution < 1.29 is 102 Å². The summed E-state index contributed by atoms with van der Waals surface area (Å²) in [6, 6.07) is 0. The Hall–Kier alpha value is -1.20. The van der Waals surface area contributed by atoms with Gasteiger partial charge < -0.3 is 9.79 Å². The van der Waals surface area contributed by atoms with E-state index in [1.807, 2.05) is 0 Å². The molecule has 2 N–H and O–H groups in total. The van der Waals surface area contributed by atoms with Crippen LogP contribution in [0.15, 0.2) is 0 Å². The van der Waals surface area contributed by atoms with E-state index in [-0.39, 0.29) is 0 Å². The largest absolute Gasteiger partial charge is 0.460 e. The van der Waals surface area contributed by atoms with Crippen molar-refractivity contribution in [2.45, 2.75) is 53.4 Å². The third kappa shape index (κ3) is 5.33. The smallest absolute Gasteiger partial charge is 0.324 e. The minimum absolute atomic E-state index is 1.59. The summed E-state index contributed by atoms with van der Waals surface area (Å²) in [6.45, 7) is -2.34. The molecule has 0 aliphatic rings. The molecule has 0 radical (unpaired) electrons. The van der Waals surface area contributed by atoms with Gasteiger partial charge in [-0.25, -0.2) is 8.42 Å². The molecule has 0 aliphatic heterocycles. The number of halogens is 18. The second-order valence-electron chi connectivity index (χ2n) is 6.72. The minimum Gasteiger partial charge on any atom is -0.324 e. The van der Waals surface area contributed by atoms with E-state index in [2.05, 4.69) is 0 Å². The molecule has 224 valence electrons. The predicted molar refractivity (Wildman–Crippen MR) is 78.9 cm³/mol. The molecule has 0 saturated heterocycles. The summed E-state index contributed by atoms with van der Waals surface area (Å²) in [5.41, 5.74) is 0. The SMILES string of the molecule is O=P(O)(O)CCCN(F)S(=O)(=O)C(F)(F)C(F)(F)C(F)(F)C(F)(F)C(F)(F)C(F)(F)C(F)(F)C(F)(F)F. The lowest BCUT2D eigenvalue weighted by Gasteiger charge is -2.42. The first kappa shape index (κ1) is 35.8. The maximum absolute atomic E-state index is 13.7. The molecule has 0 aromatic carbocycles. The maximum atomic E-state index is 13.7. The molecule has 0 aromatic rings. The standard InChI is InChI=1S/C11H8F18NO5PS/c12-4(13,6(16,17)8(20,21)10(24,25)26)5(14,15)7(18,19)9(22,23)11(27,28)37(34,35)30(29)2-1-3-36(31,32)33/h1-3H2,(H2,31,32,33). The third-order valence-corrected chi connectivity index (χ3v) is 6.57. The molecule has 0 saturated carbocycles. The van der Waals surface area contributed by atoms with Crippen molar-refractivity contribution >= 4 is 17.6 Å². The molecule has 0 fully saturated rings. The van der Waals surface area contributed by atoms with Crippen LogP contribution < -0.4 is 0 Å². The molecule has 0 amide bonds. The molecule has 0 heterocycles. The van der Waals surface area contributed by atoms with Crippen LogP contribution in [0, 0.1) is 0 Å². The van der Waals surface area contributed by atoms with Crippen molar-refractivity contribution in [1.82, 2.24) is 4.53 Å². The summed E-state index contributed by atoms with van der Waals surface area (Å²) in [4.78, 5) is 16.8. The number of alkyl halides is 17. The van der Waals surface area contributed by atoms with Gasteiger partial charge in [-0.3, -0.25) is 4.57 Å². The van der Waals surface area contributed by atoms with Gasteiger partial charge in [0, 0.05) is 6.54 Å². The van der Waals surface area contributed by atoms with E-state index >= 15 is 0 Å². The Kier molecular flexibility index (Phi) is 9.16. The van der Waals surface area contributed by atoms with E-state index in [0.717, 1.165) is 0 Å². The normalized spacial score (nSPS) is 16.5. The summed E-state index contributed by atoms with van der Waals surface area (Å²) in [5.74, 6) is -52.9. The highest BCUT2D eigenvalue weighted by molar-refractivity contribution is 7.90. The highest BCUT2D eigenvalue weighted by Crippen LogP contribution is 2.64. The first-order valence-corrected chi connectivity index (χ1v) is 11.3. The second-order valence-corrected chi connectivity index (χ2v) is 10.4. The topological polar surface area (TPSA) is 94.9 Å². The molecule has 37 heavy (non-hydrogen) atoms. The van der Waals surface area contributed by atoms with Crippen LogP contribution in [0.3, 0.4) is 0 Å². The monoisotopic (exact) mass is 639 g/mol. The van der Waals surface area contributed by atoms with Crippen LogP contribution in [0.25, 0.3) is 0 Å². The van der Waals surface area contributed by atoms with E-state index in [4.69, 9.17) is 9.79 Å². The first-order chi connectivity index (χ1) is 15.6. The Morgan fingerprint density at radius 1 is 0.595 bits per heavy atom. The Bertz CT molecular complexity index is 989. The number of hydrogen-bond acceptors (Lipinski definition) is 3. The van der Waals surface area contributed by atoms with Crippen LogP contribution in [0.4, 0.5) is 79.1 Å². The molecule has 0 unspecified atom stereocenters. The van der Waals surface area contributed by atoms with Crippen molar-refractivity contribution in [3.8, 4) is 0 Å². The van der Waals surface area contributed by atoms with Crippen LogP contribution in [-0.4, -0.2) is 82.4 Å². The predicted octanol–water partition coefficient (Wildman–Crippen LogP) is 5.04. The number of sulfonamides is 1. The summed E-state index contributed by atoms with van der Waals surface area (Å²) in [7, 11) is -13.3. The van der Waals surface area contributed by atoms with Crippen LogP contribution >= 0.6 is 7.60 Å². The Morgan fingerprint density at radius 3 is 1.19 bits per heavy atom. The Balaban J connectivity index is 6.73. The molecule has 26 heteroatoms. The van der Waals surface area contributed by atoms with Gasteiger partial charge in [-0.05, 0) is 10.9 Å². The van der Waals surface area contributed by atoms with Crippen molar-refractivity contribution in [1.29, 1.82) is 0 Å². The van der Waals surface area contributed by atoms with Crippen LogP contribution in [-0.2, 0) is 14.6 Å². The molecule has 0 bridgehead atoms. The van der Waals surface area contributed by atoms with Crippen LogP contribution in [0.2, 0.25) is 0 Å². The van der Waals surface area contributed by atoms with Crippen molar-refractivity contribution in [2.24, 2.45) is 0 Å². The van der Waals surface area contributed by atoms with Gasteiger partial charge in [0.15, 0.2) is 0 Å². The zero-order valence-electron chi connectivity index (χ0n) is 16.3. The fraction of sp³-hybridized carbons (Fsp3) is 1.00. The van der Waals surface area contributed by atoms with Gasteiger partial charge in [0.1, 0.15) is 0 Å². The van der Waals surface area contributed by atoms with Gasteiger partial charge in [-0.15, -0.1) is 4.48 Å². The van der Waals surface area contributed by atoms with E-state index in [1.54, 1.807) is 0 Å². The average molecular weight is 639 g/mol. The van der Waals surface area contributed by atoms with E-state index in [9.17, 15) is 92.1 Å². The van der Waals surface area contributed by atoms with Crippen molar-refractivity contribution in [3.63, 3.8) is 0 Å². The molecule has 0 rings (SSSR count). The van der Waals surface area contributed by atoms with Crippen molar-refractivity contribution in [2.75, 3.05) is 12.7 Å². The molecular formula is C11H8F18NO5PS. The fourth-order valence-corrected chi connectivity index (χ4v) is 3.58. The summed E-state index contributed by atoms with van der Waals surface area (Å²) in [6.07, 6.45) is -11.2. The second kappa shape index (κ2) is 9.47. The third-order valence-electron chi connectivity index (χ3n) is 4.06. The van der Waals surface area contributed by atoms with Crippen molar-refractivity contribution in [3.05, 3.63) is 0 Å². The van der Waals surface area contributed by atoms with Gasteiger partial charge in [-0.1, -0.05) is 0 Å². The maximum Gasteiger partial charge on any atom is 0.460 e. The lowest BCUT2D eigenvalue weighted by Crippen LogP contribution is -2.75. The number of nitrogens with zero attached hydrogens (tertiary/aromatic N) is 1. The average Bonchev–Trinajstić information content (AvgIpc) is 2.64. The molecule has 6 nitrogen and oxygen atoms in total. The van der Waals surface area contributed by atoms with Crippen LogP contribution in [0.1, 0.15) is 6.42 Å². The zero-order chi connectivity index (χ0) is 30.7. The minimum atomic E-state index is -9.05. The Morgan fingerprint density at radius 2 is 0.892 bits per heavy atom. The number of rotatable bonds is 12. The van der Waals surface area contributed by atoms with E-state index < -0.39 is 88.2 Å². The fourth-order valence-electron chi connectivity index (χ4n) is 1.96. The van der Waals surface area contributed by atoms with Gasteiger partial charge in [0.25, 0.3) is 0 Å². The van der Waals surface area contributed by atoms with Gasteiger partial charge in [0.05, 0.1) is 6.16 Å². The lowest BCUT2D eigenvalue weighted by molar-refractivity contribution is -0.458. The van der Waals surface area contributed by atoms with E-state index in [1.165, 1.54) is 0 Å². The van der Waals surface area contributed by atoms with Gasteiger partial charge in [0.2, 0.25) is 0 Å². The van der Waals surface area contributed by atoms with E-state index in [0.29, 0.717) is 0 Å². The first-order valence-electron chi connectivity index (χ1n) is 8.07. The number of hydrogen-bond donors (Lipinski definition) is 2. The zero-order valence-corrected chi connectivity index (χ0v) is 18.1. The quantitative estimate of drug-likeness (QED) is 0.178.